The predicted molar refractivity (Wildman–Crippen MR) is 149 cm³/mol. The first-order valence-electron chi connectivity index (χ1n) is 13.8. The molecule has 41 heavy (non-hydrogen) atoms. The largest absolute Gasteiger partial charge is 0.380 e. The Hall–Kier alpha value is -3.98. The van der Waals surface area contributed by atoms with Crippen LogP contribution in [0.1, 0.15) is 49.1 Å². The van der Waals surface area contributed by atoms with Crippen LogP contribution in [0.5, 0.6) is 0 Å². The molecule has 4 atom stereocenters. The minimum atomic E-state index is -0.666. The van der Waals surface area contributed by atoms with Gasteiger partial charge in [0.2, 0.25) is 5.95 Å². The van der Waals surface area contributed by atoms with Crippen LogP contribution in [0.25, 0.3) is 16.8 Å². The summed E-state index contributed by atoms with van der Waals surface area (Å²) >= 11 is 0. The van der Waals surface area contributed by atoms with Crippen LogP contribution < -0.4 is 11.1 Å². The highest BCUT2D eigenvalue weighted by Crippen LogP contribution is 2.40. The smallest absolute Gasteiger partial charge is 0.229 e. The highest BCUT2D eigenvalue weighted by atomic mass is 19.1. The Morgan fingerprint density at radius 2 is 1.95 bits per heavy atom. The van der Waals surface area contributed by atoms with Crippen molar-refractivity contribution >= 4 is 17.2 Å². The molecule has 2 aliphatic rings. The molecule has 9 nitrogen and oxygen atoms in total. The van der Waals surface area contributed by atoms with Crippen LogP contribution in [0.2, 0.25) is 0 Å². The van der Waals surface area contributed by atoms with E-state index in [4.69, 9.17) is 20.5 Å². The molecule has 0 bridgehead atoms. The number of nitrogens with zero attached hydrogens (tertiary/aromatic N) is 5. The number of imidazole rings is 1. The molecule has 0 unspecified atom stereocenters. The number of hydrogen-bond acceptors (Lipinski definition) is 8. The monoisotopic (exact) mass is 559 g/mol. The summed E-state index contributed by atoms with van der Waals surface area (Å²) in [6, 6.07) is 9.94. The van der Waals surface area contributed by atoms with E-state index in [-0.39, 0.29) is 41.2 Å². The van der Waals surface area contributed by atoms with Gasteiger partial charge in [0.1, 0.15) is 11.6 Å². The topological polar surface area (TPSA) is 123 Å². The van der Waals surface area contributed by atoms with Crippen molar-refractivity contribution < 1.29 is 18.3 Å². The van der Waals surface area contributed by atoms with Crippen molar-refractivity contribution in [3.8, 4) is 17.3 Å². The first-order valence-corrected chi connectivity index (χ1v) is 13.8. The number of anilines is 2. The number of hydrogen-bond donors (Lipinski definition) is 2. The molecule has 0 radical (unpaired) electrons. The van der Waals surface area contributed by atoms with Gasteiger partial charge in [-0.05, 0) is 66.1 Å². The maximum absolute atomic E-state index is 15.1. The van der Waals surface area contributed by atoms with Gasteiger partial charge in [0, 0.05) is 18.2 Å². The zero-order chi connectivity index (χ0) is 28.5. The molecular weight excluding hydrogens is 528 g/mol. The summed E-state index contributed by atoms with van der Waals surface area (Å²) in [4.78, 5) is 8.80. The average molecular weight is 560 g/mol. The lowest BCUT2D eigenvalue weighted by Crippen LogP contribution is -2.46. The van der Waals surface area contributed by atoms with Gasteiger partial charge in [-0.15, -0.1) is 0 Å². The molecule has 3 aromatic heterocycles. The number of nitrogens with two attached hydrogens (primary N) is 1. The first kappa shape index (κ1) is 27.2. The average Bonchev–Trinajstić information content (AvgIpc) is 3.31. The molecule has 4 heterocycles. The summed E-state index contributed by atoms with van der Waals surface area (Å²) in [7, 11) is 0. The number of fused-ring (bicyclic) bond motifs is 1. The highest BCUT2D eigenvalue weighted by molar-refractivity contribution is 5.66. The van der Waals surface area contributed by atoms with Gasteiger partial charge in [-0.3, -0.25) is 4.98 Å². The van der Waals surface area contributed by atoms with Crippen LogP contribution in [-0.4, -0.2) is 51.5 Å². The van der Waals surface area contributed by atoms with Gasteiger partial charge in [0.25, 0.3) is 0 Å². The van der Waals surface area contributed by atoms with Crippen LogP contribution in [0.3, 0.4) is 0 Å². The van der Waals surface area contributed by atoms with Crippen molar-refractivity contribution in [3.05, 3.63) is 71.7 Å². The fraction of sp³-hybridized carbons (Fsp3) is 0.400. The summed E-state index contributed by atoms with van der Waals surface area (Å²) < 4.78 is 42.9. The molecule has 1 aromatic carbocycles. The van der Waals surface area contributed by atoms with Crippen LogP contribution >= 0.6 is 0 Å². The van der Waals surface area contributed by atoms with Crippen molar-refractivity contribution in [1.82, 2.24) is 19.6 Å². The summed E-state index contributed by atoms with van der Waals surface area (Å²) in [5.74, 6) is -0.579. The summed E-state index contributed by atoms with van der Waals surface area (Å²) in [6.45, 7) is 3.42. The van der Waals surface area contributed by atoms with Crippen LogP contribution in [-0.2, 0) is 9.47 Å². The van der Waals surface area contributed by atoms with E-state index in [0.717, 1.165) is 17.7 Å². The van der Waals surface area contributed by atoms with E-state index in [1.54, 1.807) is 30.7 Å². The van der Waals surface area contributed by atoms with Gasteiger partial charge in [0.15, 0.2) is 0 Å². The van der Waals surface area contributed by atoms with Gasteiger partial charge in [-0.2, -0.15) is 14.9 Å². The normalized spacial score (nSPS) is 22.8. The van der Waals surface area contributed by atoms with Crippen molar-refractivity contribution in [2.45, 2.75) is 50.2 Å². The maximum atomic E-state index is 15.1. The Labute approximate surface area is 236 Å². The Bertz CT molecular complexity index is 1560. The number of pyridine rings is 1. The lowest BCUT2D eigenvalue weighted by Gasteiger charge is -2.39. The molecule has 3 N–H and O–H groups in total. The second-order valence-electron chi connectivity index (χ2n) is 10.9. The SMILES string of the molecule is C[C@H]1C[C@@H](c2ccncc2Nc2ncc3ccc(-c4c(F)cc(C5COC5)cc4F)nn23)C[C@@H](N)[C@H]1OCCC#N. The van der Waals surface area contributed by atoms with Crippen molar-refractivity contribution in [3.63, 3.8) is 0 Å². The predicted octanol–water partition coefficient (Wildman–Crippen LogP) is 5.07. The summed E-state index contributed by atoms with van der Waals surface area (Å²) in [5.41, 5.74) is 9.55. The van der Waals surface area contributed by atoms with E-state index >= 15 is 8.78 Å². The van der Waals surface area contributed by atoms with E-state index in [1.807, 2.05) is 6.07 Å². The zero-order valence-electron chi connectivity index (χ0n) is 22.6. The zero-order valence-corrected chi connectivity index (χ0v) is 22.6. The van der Waals surface area contributed by atoms with Gasteiger partial charge in [-0.25, -0.2) is 13.8 Å². The first-order chi connectivity index (χ1) is 19.9. The molecule has 2 fully saturated rings. The minimum absolute atomic E-state index is 0.00490. The van der Waals surface area contributed by atoms with Crippen molar-refractivity contribution in [2.75, 3.05) is 25.1 Å². The highest BCUT2D eigenvalue weighted by Gasteiger charge is 2.36. The third-order valence-corrected chi connectivity index (χ3v) is 8.08. The molecular formula is C30H31F2N7O2. The molecule has 212 valence electrons. The van der Waals surface area contributed by atoms with E-state index in [9.17, 15) is 0 Å². The van der Waals surface area contributed by atoms with Crippen molar-refractivity contribution in [2.24, 2.45) is 11.7 Å². The van der Waals surface area contributed by atoms with Crippen LogP contribution in [0.15, 0.2) is 48.9 Å². The number of halogens is 2. The van der Waals surface area contributed by atoms with Gasteiger partial charge < -0.3 is 20.5 Å². The molecule has 1 aliphatic heterocycles. The molecule has 1 aliphatic carbocycles. The molecule has 11 heteroatoms. The number of nitrogens with one attached hydrogen (secondary N) is 1. The Morgan fingerprint density at radius 1 is 1.15 bits per heavy atom. The lowest BCUT2D eigenvalue weighted by molar-refractivity contribution is -0.0198. The standard InChI is InChI=1S/C30H31F2N7O2/c1-17-9-19(12-25(34)29(17)41-8-2-6-33)22-5-7-35-14-27(22)37-30-36-13-21-3-4-26(38-39(21)30)28-23(31)10-18(11-24(28)32)20-15-40-16-20/h3-5,7,10-11,13-14,17,19-20,25,29H,2,8-9,12,15-16,34H2,1H3,(H,36,37)/t17-,19+,25+,29-/m0/s1. The van der Waals surface area contributed by atoms with Crippen molar-refractivity contribution in [1.29, 1.82) is 5.26 Å². The second kappa shape index (κ2) is 11.5. The van der Waals surface area contributed by atoms with Crippen LogP contribution in [0, 0.1) is 28.9 Å². The quantitative estimate of drug-likeness (QED) is 0.287. The Balaban J connectivity index is 1.26. The van der Waals surface area contributed by atoms with Gasteiger partial charge >= 0.3 is 0 Å². The molecule has 1 saturated carbocycles. The number of ether oxygens (including phenoxy) is 2. The van der Waals surface area contributed by atoms with Gasteiger partial charge in [0.05, 0.1) is 73.3 Å². The number of rotatable bonds is 8. The molecule has 0 amide bonds. The maximum Gasteiger partial charge on any atom is 0.229 e. The van der Waals surface area contributed by atoms with E-state index in [2.05, 4.69) is 33.4 Å². The van der Waals surface area contributed by atoms with E-state index < -0.39 is 11.6 Å². The van der Waals surface area contributed by atoms with Crippen LogP contribution in [0.4, 0.5) is 20.4 Å². The second-order valence-corrected chi connectivity index (χ2v) is 10.9. The lowest BCUT2D eigenvalue weighted by atomic mass is 9.74. The van der Waals surface area contributed by atoms with Gasteiger partial charge in [-0.1, -0.05) is 6.92 Å². The van der Waals surface area contributed by atoms with E-state index in [1.165, 1.54) is 16.6 Å². The molecule has 1 saturated heterocycles. The number of aromatic nitrogens is 4. The Morgan fingerprint density at radius 3 is 2.66 bits per heavy atom. The molecule has 0 spiro atoms. The fourth-order valence-electron chi connectivity index (χ4n) is 5.94. The fourth-order valence-corrected chi connectivity index (χ4v) is 5.94. The number of nitriles is 1. The summed E-state index contributed by atoms with van der Waals surface area (Å²) in [5, 5.41) is 16.7. The third kappa shape index (κ3) is 5.38. The molecule has 6 rings (SSSR count). The Kier molecular flexibility index (Phi) is 7.62. The summed E-state index contributed by atoms with van der Waals surface area (Å²) in [6.07, 6.45) is 6.93. The number of benzene rings is 1. The molecule has 4 aromatic rings. The van der Waals surface area contributed by atoms with E-state index in [0.29, 0.717) is 49.7 Å². The third-order valence-electron chi connectivity index (χ3n) is 8.08. The minimum Gasteiger partial charge on any atom is -0.380 e.